The third-order valence-corrected chi connectivity index (χ3v) is 4.84. The van der Waals surface area contributed by atoms with Gasteiger partial charge in [-0.1, -0.05) is 29.8 Å². The topological polar surface area (TPSA) is 45.2 Å². The molecule has 0 spiro atoms. The van der Waals surface area contributed by atoms with Gasteiger partial charge in [0.1, 0.15) is 0 Å². The van der Waals surface area contributed by atoms with Crippen LogP contribution in [0.25, 0.3) is 0 Å². The molecule has 3 rings (SSSR count). The van der Waals surface area contributed by atoms with E-state index in [4.69, 9.17) is 11.6 Å². The average molecular weight is 394 g/mol. The molecule has 1 amide bonds. The summed E-state index contributed by atoms with van der Waals surface area (Å²) < 4.78 is 0. The van der Waals surface area contributed by atoms with E-state index in [0.29, 0.717) is 18.0 Å². The summed E-state index contributed by atoms with van der Waals surface area (Å²) in [4.78, 5) is 19.5. The molecule has 1 aromatic carbocycles. The number of nitrogens with zero attached hydrogens (tertiary/aromatic N) is 2. The zero-order chi connectivity index (χ0) is 17.5. The number of halogens is 2. The summed E-state index contributed by atoms with van der Waals surface area (Å²) >= 11 is 6.06. The van der Waals surface area contributed by atoms with Crippen molar-refractivity contribution in [2.75, 3.05) is 13.1 Å². The SMILES string of the molecule is Cl.O=C(Cc1cccc(Cl)c1)N(Cc1ccccn1)C1CCCNCC1. The molecule has 4 nitrogen and oxygen atoms in total. The van der Waals surface area contributed by atoms with E-state index >= 15 is 0 Å². The number of carbonyl (C=O) groups excluding carboxylic acids is 1. The number of amides is 1. The van der Waals surface area contributed by atoms with Crippen LogP contribution in [0.2, 0.25) is 5.02 Å². The minimum absolute atomic E-state index is 0. The maximum Gasteiger partial charge on any atom is 0.227 e. The number of pyridine rings is 1. The summed E-state index contributed by atoms with van der Waals surface area (Å²) in [5, 5.41) is 4.09. The van der Waals surface area contributed by atoms with Crippen molar-refractivity contribution in [3.63, 3.8) is 0 Å². The van der Waals surface area contributed by atoms with Crippen molar-refractivity contribution in [2.45, 2.75) is 38.3 Å². The molecule has 2 aromatic rings. The summed E-state index contributed by atoms with van der Waals surface area (Å²) in [6, 6.07) is 13.7. The molecule has 0 bridgehead atoms. The van der Waals surface area contributed by atoms with Gasteiger partial charge >= 0.3 is 0 Å². The van der Waals surface area contributed by atoms with Crippen LogP contribution in [0, 0.1) is 0 Å². The molecule has 1 fully saturated rings. The first-order chi connectivity index (χ1) is 12.2. The largest absolute Gasteiger partial charge is 0.333 e. The molecule has 1 N–H and O–H groups in total. The van der Waals surface area contributed by atoms with Crippen molar-refractivity contribution in [1.29, 1.82) is 0 Å². The lowest BCUT2D eigenvalue weighted by Gasteiger charge is -2.31. The van der Waals surface area contributed by atoms with Crippen LogP contribution in [0.5, 0.6) is 0 Å². The molecule has 1 atom stereocenters. The van der Waals surface area contributed by atoms with Gasteiger partial charge < -0.3 is 10.2 Å². The highest BCUT2D eigenvalue weighted by Gasteiger charge is 2.25. The number of hydrogen-bond acceptors (Lipinski definition) is 3. The van der Waals surface area contributed by atoms with Gasteiger partial charge in [-0.3, -0.25) is 9.78 Å². The maximum absolute atomic E-state index is 13.1. The third-order valence-electron chi connectivity index (χ3n) is 4.61. The van der Waals surface area contributed by atoms with Crippen LogP contribution in [0.1, 0.15) is 30.5 Å². The molecular formula is C20H25Cl2N3O. The Balaban J connectivity index is 0.00000243. The Bertz CT molecular complexity index is 688. The molecule has 140 valence electrons. The van der Waals surface area contributed by atoms with E-state index in [-0.39, 0.29) is 24.4 Å². The Hall–Kier alpha value is -1.62. The van der Waals surface area contributed by atoms with Crippen molar-refractivity contribution in [3.05, 3.63) is 64.9 Å². The average Bonchev–Trinajstić information content (AvgIpc) is 2.90. The lowest BCUT2D eigenvalue weighted by Crippen LogP contribution is -2.41. The summed E-state index contributed by atoms with van der Waals surface area (Å²) in [5.41, 5.74) is 1.88. The molecule has 1 aromatic heterocycles. The lowest BCUT2D eigenvalue weighted by molar-refractivity contribution is -0.133. The minimum Gasteiger partial charge on any atom is -0.333 e. The van der Waals surface area contributed by atoms with E-state index in [1.165, 1.54) is 0 Å². The quantitative estimate of drug-likeness (QED) is 0.838. The zero-order valence-corrected chi connectivity index (χ0v) is 16.3. The van der Waals surface area contributed by atoms with Crippen LogP contribution in [-0.4, -0.2) is 34.9 Å². The van der Waals surface area contributed by atoms with Gasteiger partial charge in [-0.15, -0.1) is 12.4 Å². The predicted molar refractivity (Wildman–Crippen MR) is 108 cm³/mol. The van der Waals surface area contributed by atoms with Gasteiger partial charge in [0, 0.05) is 17.3 Å². The van der Waals surface area contributed by atoms with Crippen LogP contribution >= 0.6 is 24.0 Å². The number of aromatic nitrogens is 1. The Labute approximate surface area is 166 Å². The molecule has 0 saturated carbocycles. The minimum atomic E-state index is 0. The standard InChI is InChI=1S/C20H24ClN3O.ClH/c21-17-6-3-5-16(13-17)14-20(25)24(15-18-7-1-2-11-23-18)19-8-4-10-22-12-9-19;/h1-3,5-7,11,13,19,22H,4,8-10,12,14-15H2;1H. The smallest absolute Gasteiger partial charge is 0.227 e. The normalized spacial score (nSPS) is 17.0. The van der Waals surface area contributed by atoms with E-state index in [2.05, 4.69) is 10.3 Å². The van der Waals surface area contributed by atoms with Crippen LogP contribution in [0.3, 0.4) is 0 Å². The fraction of sp³-hybridized carbons (Fsp3) is 0.400. The molecule has 1 aliphatic heterocycles. The lowest BCUT2D eigenvalue weighted by atomic mass is 10.0. The van der Waals surface area contributed by atoms with Crippen LogP contribution in [0.15, 0.2) is 48.7 Å². The fourth-order valence-corrected chi connectivity index (χ4v) is 3.54. The highest BCUT2D eigenvalue weighted by Crippen LogP contribution is 2.19. The van der Waals surface area contributed by atoms with Crippen molar-refractivity contribution < 1.29 is 4.79 Å². The summed E-state index contributed by atoms with van der Waals surface area (Å²) in [5.74, 6) is 0.139. The molecular weight excluding hydrogens is 369 g/mol. The number of nitrogens with one attached hydrogen (secondary N) is 1. The van der Waals surface area contributed by atoms with E-state index < -0.39 is 0 Å². The predicted octanol–water partition coefficient (Wildman–Crippen LogP) is 3.87. The van der Waals surface area contributed by atoms with Gasteiger partial charge in [-0.05, 0) is 62.2 Å². The van der Waals surface area contributed by atoms with Crippen LogP contribution in [-0.2, 0) is 17.8 Å². The Kier molecular flexibility index (Phi) is 8.36. The summed E-state index contributed by atoms with van der Waals surface area (Å²) in [6.45, 7) is 2.54. The monoisotopic (exact) mass is 393 g/mol. The second-order valence-electron chi connectivity index (χ2n) is 6.48. The third kappa shape index (κ3) is 5.97. The molecule has 1 unspecified atom stereocenters. The number of benzene rings is 1. The Morgan fingerprint density at radius 1 is 1.19 bits per heavy atom. The van der Waals surface area contributed by atoms with Crippen molar-refractivity contribution in [2.24, 2.45) is 0 Å². The fourth-order valence-electron chi connectivity index (χ4n) is 3.32. The van der Waals surface area contributed by atoms with E-state index in [0.717, 1.165) is 43.6 Å². The first kappa shape index (κ1) is 20.7. The summed E-state index contributed by atoms with van der Waals surface area (Å²) in [6.07, 6.45) is 5.25. The van der Waals surface area contributed by atoms with Gasteiger partial charge in [0.25, 0.3) is 0 Å². The highest BCUT2D eigenvalue weighted by atomic mass is 35.5. The highest BCUT2D eigenvalue weighted by molar-refractivity contribution is 6.30. The molecule has 0 radical (unpaired) electrons. The van der Waals surface area contributed by atoms with Gasteiger partial charge in [0.2, 0.25) is 5.91 Å². The molecule has 0 aliphatic carbocycles. The molecule has 6 heteroatoms. The van der Waals surface area contributed by atoms with E-state index in [1.807, 2.05) is 47.4 Å². The molecule has 1 saturated heterocycles. The Morgan fingerprint density at radius 2 is 2.08 bits per heavy atom. The second kappa shape index (κ2) is 10.5. The number of rotatable bonds is 5. The molecule has 1 aliphatic rings. The molecule has 2 heterocycles. The van der Waals surface area contributed by atoms with E-state index in [9.17, 15) is 4.79 Å². The van der Waals surface area contributed by atoms with Crippen molar-refractivity contribution in [3.8, 4) is 0 Å². The van der Waals surface area contributed by atoms with Crippen LogP contribution < -0.4 is 5.32 Å². The second-order valence-corrected chi connectivity index (χ2v) is 6.92. The van der Waals surface area contributed by atoms with Gasteiger partial charge in [0.15, 0.2) is 0 Å². The van der Waals surface area contributed by atoms with Crippen molar-refractivity contribution in [1.82, 2.24) is 15.2 Å². The number of carbonyl (C=O) groups is 1. The first-order valence-corrected chi connectivity index (χ1v) is 9.25. The van der Waals surface area contributed by atoms with Crippen LogP contribution in [0.4, 0.5) is 0 Å². The Morgan fingerprint density at radius 3 is 2.85 bits per heavy atom. The molecule has 26 heavy (non-hydrogen) atoms. The zero-order valence-electron chi connectivity index (χ0n) is 14.7. The number of hydrogen-bond donors (Lipinski definition) is 1. The maximum atomic E-state index is 13.1. The van der Waals surface area contributed by atoms with E-state index in [1.54, 1.807) is 6.20 Å². The van der Waals surface area contributed by atoms with Gasteiger partial charge in [0.05, 0.1) is 18.7 Å². The first-order valence-electron chi connectivity index (χ1n) is 8.87. The summed E-state index contributed by atoms with van der Waals surface area (Å²) in [7, 11) is 0. The van der Waals surface area contributed by atoms with Crippen molar-refractivity contribution >= 4 is 29.9 Å². The van der Waals surface area contributed by atoms with Gasteiger partial charge in [-0.2, -0.15) is 0 Å². The van der Waals surface area contributed by atoms with Gasteiger partial charge in [-0.25, -0.2) is 0 Å².